The summed E-state index contributed by atoms with van der Waals surface area (Å²) in [6.07, 6.45) is 1.65. The van der Waals surface area contributed by atoms with E-state index in [1.165, 1.54) is 24.1 Å². The van der Waals surface area contributed by atoms with Gasteiger partial charge in [-0.3, -0.25) is 14.5 Å². The molecule has 180 valence electrons. The Morgan fingerprint density at radius 2 is 1.64 bits per heavy atom. The van der Waals surface area contributed by atoms with Gasteiger partial charge in [0, 0.05) is 5.56 Å². The molecule has 2 amide bonds. The molecule has 0 N–H and O–H groups in total. The van der Waals surface area contributed by atoms with Gasteiger partial charge in [0.15, 0.2) is 11.5 Å². The number of benzene rings is 4. The van der Waals surface area contributed by atoms with Gasteiger partial charge in [0.25, 0.3) is 11.1 Å². The topological polar surface area (TPSA) is 55.8 Å². The number of imide groups is 1. The SMILES string of the molecule is COc1cccc(/C=C2\SC(=O)N(Cc3ccc4ccccc4c3)C2=O)c1OCc1ccc(F)cc1. The van der Waals surface area contributed by atoms with Gasteiger partial charge in [-0.15, -0.1) is 0 Å². The molecule has 0 bridgehead atoms. The van der Waals surface area contributed by atoms with E-state index in [2.05, 4.69) is 0 Å². The van der Waals surface area contributed by atoms with Gasteiger partial charge >= 0.3 is 0 Å². The lowest BCUT2D eigenvalue weighted by atomic mass is 10.1. The third kappa shape index (κ3) is 4.97. The summed E-state index contributed by atoms with van der Waals surface area (Å²) in [4.78, 5) is 27.5. The normalized spacial score (nSPS) is 14.6. The molecule has 0 spiro atoms. The van der Waals surface area contributed by atoms with Crippen LogP contribution in [-0.4, -0.2) is 23.2 Å². The molecule has 4 aromatic rings. The summed E-state index contributed by atoms with van der Waals surface area (Å²) in [5.41, 5.74) is 2.26. The predicted molar refractivity (Wildman–Crippen MR) is 139 cm³/mol. The fraction of sp³-hybridized carbons (Fsp3) is 0.103. The van der Waals surface area contributed by atoms with Crippen LogP contribution >= 0.6 is 11.8 Å². The molecule has 7 heteroatoms. The van der Waals surface area contributed by atoms with E-state index in [0.29, 0.717) is 22.0 Å². The maximum Gasteiger partial charge on any atom is 0.293 e. The first-order valence-electron chi connectivity index (χ1n) is 11.3. The zero-order valence-electron chi connectivity index (χ0n) is 19.4. The summed E-state index contributed by atoms with van der Waals surface area (Å²) >= 11 is 0.898. The average Bonchev–Trinajstić information content (AvgIpc) is 3.16. The Morgan fingerprint density at radius 1 is 0.889 bits per heavy atom. The molecule has 5 nitrogen and oxygen atoms in total. The number of fused-ring (bicyclic) bond motifs is 1. The van der Waals surface area contributed by atoms with Gasteiger partial charge in [0.1, 0.15) is 12.4 Å². The molecule has 4 aromatic carbocycles. The van der Waals surface area contributed by atoms with Crippen LogP contribution in [0.1, 0.15) is 16.7 Å². The minimum Gasteiger partial charge on any atom is -0.493 e. The molecule has 1 aliphatic heterocycles. The summed E-state index contributed by atoms with van der Waals surface area (Å²) in [6, 6.07) is 25.2. The molecular formula is C29H22FNO4S. The number of halogens is 1. The zero-order chi connectivity index (χ0) is 25.1. The first kappa shape index (κ1) is 23.6. The zero-order valence-corrected chi connectivity index (χ0v) is 20.3. The van der Waals surface area contributed by atoms with E-state index in [4.69, 9.17) is 9.47 Å². The van der Waals surface area contributed by atoms with Gasteiger partial charge in [0.05, 0.1) is 18.6 Å². The Labute approximate surface area is 212 Å². The summed E-state index contributed by atoms with van der Waals surface area (Å²) in [5.74, 6) is 0.244. The minimum absolute atomic E-state index is 0.185. The number of amides is 2. The number of para-hydroxylation sites is 1. The van der Waals surface area contributed by atoms with Crippen LogP contribution in [-0.2, 0) is 17.9 Å². The van der Waals surface area contributed by atoms with Crippen LogP contribution in [0.2, 0.25) is 0 Å². The highest BCUT2D eigenvalue weighted by molar-refractivity contribution is 8.18. The van der Waals surface area contributed by atoms with Crippen LogP contribution < -0.4 is 9.47 Å². The summed E-state index contributed by atoms with van der Waals surface area (Å²) in [7, 11) is 1.53. The van der Waals surface area contributed by atoms with E-state index in [1.807, 2.05) is 42.5 Å². The van der Waals surface area contributed by atoms with Crippen molar-refractivity contribution in [3.63, 3.8) is 0 Å². The first-order chi connectivity index (χ1) is 17.5. The predicted octanol–water partition coefficient (Wildman–Crippen LogP) is 6.80. The Morgan fingerprint density at radius 3 is 2.42 bits per heavy atom. The molecule has 0 radical (unpaired) electrons. The number of nitrogens with zero attached hydrogens (tertiary/aromatic N) is 1. The second-order valence-corrected chi connectivity index (χ2v) is 9.24. The van der Waals surface area contributed by atoms with Gasteiger partial charge in [-0.1, -0.05) is 60.7 Å². The van der Waals surface area contributed by atoms with Crippen molar-refractivity contribution in [2.45, 2.75) is 13.2 Å². The van der Waals surface area contributed by atoms with E-state index in [0.717, 1.165) is 33.7 Å². The Balaban J connectivity index is 1.38. The second-order valence-electron chi connectivity index (χ2n) is 8.24. The standard InChI is InChI=1S/C29H22FNO4S/c1-34-25-8-4-7-23(27(25)35-18-19-10-13-24(30)14-11-19)16-26-28(32)31(29(33)36-26)17-20-9-12-21-5-2-3-6-22(21)15-20/h2-16H,17-18H2,1H3/b26-16-. The highest BCUT2D eigenvalue weighted by Gasteiger charge is 2.35. The number of carbonyl (C=O) groups excluding carboxylic acids is 2. The Kier molecular flexibility index (Phi) is 6.73. The van der Waals surface area contributed by atoms with E-state index in [9.17, 15) is 14.0 Å². The number of carbonyl (C=O) groups is 2. The van der Waals surface area contributed by atoms with Crippen molar-refractivity contribution in [2.75, 3.05) is 7.11 Å². The molecule has 36 heavy (non-hydrogen) atoms. The van der Waals surface area contributed by atoms with Crippen molar-refractivity contribution in [3.05, 3.63) is 112 Å². The van der Waals surface area contributed by atoms with E-state index >= 15 is 0 Å². The molecule has 0 atom stereocenters. The van der Waals surface area contributed by atoms with Crippen molar-refractivity contribution in [1.82, 2.24) is 4.90 Å². The van der Waals surface area contributed by atoms with Crippen molar-refractivity contribution >= 4 is 39.8 Å². The highest BCUT2D eigenvalue weighted by atomic mass is 32.2. The number of hydrogen-bond acceptors (Lipinski definition) is 5. The number of ether oxygens (including phenoxy) is 2. The van der Waals surface area contributed by atoms with Crippen molar-refractivity contribution < 1.29 is 23.5 Å². The van der Waals surface area contributed by atoms with Crippen molar-refractivity contribution in [2.24, 2.45) is 0 Å². The molecule has 1 aliphatic rings. The monoisotopic (exact) mass is 499 g/mol. The van der Waals surface area contributed by atoms with E-state index < -0.39 is 0 Å². The quantitative estimate of drug-likeness (QED) is 0.262. The summed E-state index contributed by atoms with van der Waals surface area (Å²) in [6.45, 7) is 0.379. The first-order valence-corrected chi connectivity index (χ1v) is 12.1. The molecule has 5 rings (SSSR count). The van der Waals surface area contributed by atoms with E-state index in [-0.39, 0.29) is 30.1 Å². The van der Waals surface area contributed by atoms with Crippen molar-refractivity contribution in [3.8, 4) is 11.5 Å². The molecular weight excluding hydrogens is 477 g/mol. The number of rotatable bonds is 7. The van der Waals surface area contributed by atoms with Gasteiger partial charge in [-0.25, -0.2) is 4.39 Å². The van der Waals surface area contributed by atoms with Crippen LogP contribution in [0.4, 0.5) is 9.18 Å². The fourth-order valence-corrected chi connectivity index (χ4v) is 4.82. The Bertz CT molecular complexity index is 1480. The fourth-order valence-electron chi connectivity index (χ4n) is 4.00. The highest BCUT2D eigenvalue weighted by Crippen LogP contribution is 2.38. The molecule has 0 saturated carbocycles. The number of methoxy groups -OCH3 is 1. The molecule has 1 saturated heterocycles. The lowest BCUT2D eigenvalue weighted by molar-refractivity contribution is -0.123. The van der Waals surface area contributed by atoms with Gasteiger partial charge in [0.2, 0.25) is 0 Å². The largest absolute Gasteiger partial charge is 0.493 e. The summed E-state index contributed by atoms with van der Waals surface area (Å²) < 4.78 is 24.7. The van der Waals surface area contributed by atoms with Gasteiger partial charge in [-0.05, 0) is 64.0 Å². The van der Waals surface area contributed by atoms with E-state index in [1.54, 1.807) is 36.4 Å². The molecule has 0 aliphatic carbocycles. The molecule has 0 unspecified atom stereocenters. The minimum atomic E-state index is -0.356. The number of hydrogen-bond donors (Lipinski definition) is 0. The average molecular weight is 500 g/mol. The van der Waals surface area contributed by atoms with Crippen LogP contribution in [0.3, 0.4) is 0 Å². The van der Waals surface area contributed by atoms with Crippen molar-refractivity contribution in [1.29, 1.82) is 0 Å². The maximum absolute atomic E-state index is 13.2. The number of thioether (sulfide) groups is 1. The lowest BCUT2D eigenvalue weighted by Gasteiger charge is -2.14. The van der Waals surface area contributed by atoms with Gasteiger partial charge in [-0.2, -0.15) is 0 Å². The lowest BCUT2D eigenvalue weighted by Crippen LogP contribution is -2.27. The third-order valence-electron chi connectivity index (χ3n) is 5.84. The third-order valence-corrected chi connectivity index (χ3v) is 6.75. The van der Waals surface area contributed by atoms with Crippen LogP contribution in [0.15, 0.2) is 89.8 Å². The summed E-state index contributed by atoms with van der Waals surface area (Å²) in [5, 5.41) is 1.83. The van der Waals surface area contributed by atoms with Crippen LogP contribution in [0.25, 0.3) is 16.8 Å². The van der Waals surface area contributed by atoms with Crippen LogP contribution in [0.5, 0.6) is 11.5 Å². The molecule has 1 fully saturated rings. The van der Waals surface area contributed by atoms with Gasteiger partial charge < -0.3 is 9.47 Å². The second kappa shape index (κ2) is 10.3. The molecule has 1 heterocycles. The smallest absolute Gasteiger partial charge is 0.293 e. The van der Waals surface area contributed by atoms with Crippen LogP contribution in [0, 0.1) is 5.82 Å². The maximum atomic E-state index is 13.2. The Hall–Kier alpha value is -4.10. The molecule has 0 aromatic heterocycles.